The second-order valence-electron chi connectivity index (χ2n) is 6.67. The molecule has 5 heteroatoms. The average molecular weight is 305 g/mol. The van der Waals surface area contributed by atoms with Crippen LogP contribution in [0.4, 0.5) is 0 Å². The van der Waals surface area contributed by atoms with E-state index >= 15 is 0 Å². The van der Waals surface area contributed by atoms with Gasteiger partial charge in [-0.15, -0.1) is 12.4 Å². The zero-order chi connectivity index (χ0) is 14.2. The van der Waals surface area contributed by atoms with Gasteiger partial charge in [-0.1, -0.05) is 20.8 Å². The largest absolute Gasteiger partial charge is 0.378 e. The van der Waals surface area contributed by atoms with Crippen molar-refractivity contribution in [1.82, 2.24) is 10.2 Å². The molecule has 4 nitrogen and oxygen atoms in total. The predicted octanol–water partition coefficient (Wildman–Crippen LogP) is 1.93. The van der Waals surface area contributed by atoms with Crippen molar-refractivity contribution in [2.45, 2.75) is 46.3 Å². The molecule has 0 aromatic carbocycles. The average Bonchev–Trinajstić information content (AvgIpc) is 2.30. The predicted molar refractivity (Wildman–Crippen MR) is 83.1 cm³/mol. The normalized spacial score (nSPS) is 29.6. The number of hydrogen-bond acceptors (Lipinski definition) is 3. The maximum Gasteiger partial charge on any atom is 0.225 e. The lowest BCUT2D eigenvalue weighted by atomic mass is 9.63. The molecule has 1 aliphatic heterocycles. The molecule has 1 N–H and O–H groups in total. The minimum atomic E-state index is 0. The van der Waals surface area contributed by atoms with Crippen molar-refractivity contribution in [3.05, 3.63) is 0 Å². The Morgan fingerprint density at radius 1 is 1.45 bits per heavy atom. The second-order valence-corrected chi connectivity index (χ2v) is 6.67. The van der Waals surface area contributed by atoms with Gasteiger partial charge in [0.15, 0.2) is 0 Å². The molecule has 0 aromatic heterocycles. The van der Waals surface area contributed by atoms with Gasteiger partial charge in [0.1, 0.15) is 0 Å². The number of rotatable bonds is 5. The molecule has 0 aromatic rings. The fraction of sp³-hybridized carbons (Fsp3) is 0.933. The van der Waals surface area contributed by atoms with E-state index < -0.39 is 0 Å². The van der Waals surface area contributed by atoms with Crippen LogP contribution in [-0.4, -0.2) is 49.7 Å². The van der Waals surface area contributed by atoms with Crippen molar-refractivity contribution >= 4 is 18.3 Å². The summed E-state index contributed by atoms with van der Waals surface area (Å²) in [5.41, 5.74) is 0.0675. The van der Waals surface area contributed by atoms with E-state index in [0.717, 1.165) is 26.1 Å². The molecule has 1 saturated carbocycles. The molecule has 20 heavy (non-hydrogen) atoms. The highest BCUT2D eigenvalue weighted by Gasteiger charge is 2.52. The highest BCUT2D eigenvalue weighted by atomic mass is 35.5. The van der Waals surface area contributed by atoms with Crippen LogP contribution in [0, 0.1) is 17.3 Å². The Kier molecular flexibility index (Phi) is 5.88. The number of hydrogen-bond donors (Lipinski definition) is 1. The Bertz CT molecular complexity index is 345. The van der Waals surface area contributed by atoms with Gasteiger partial charge in [-0.05, 0) is 32.4 Å². The van der Waals surface area contributed by atoms with Crippen LogP contribution in [0.3, 0.4) is 0 Å². The van der Waals surface area contributed by atoms with Crippen LogP contribution in [0.25, 0.3) is 0 Å². The Hall–Kier alpha value is -0.320. The molecule has 3 atom stereocenters. The van der Waals surface area contributed by atoms with Crippen molar-refractivity contribution in [2.75, 3.05) is 26.7 Å². The lowest BCUT2D eigenvalue weighted by Gasteiger charge is -2.55. The first-order valence-corrected chi connectivity index (χ1v) is 7.48. The van der Waals surface area contributed by atoms with Gasteiger partial charge in [-0.25, -0.2) is 0 Å². The molecule has 2 aliphatic rings. The van der Waals surface area contributed by atoms with Gasteiger partial charge >= 0.3 is 0 Å². The van der Waals surface area contributed by atoms with E-state index in [0.29, 0.717) is 24.0 Å². The third-order valence-corrected chi connectivity index (χ3v) is 5.22. The van der Waals surface area contributed by atoms with Crippen LogP contribution >= 0.6 is 12.4 Å². The summed E-state index contributed by atoms with van der Waals surface area (Å²) in [7, 11) is 1.96. The Morgan fingerprint density at radius 3 is 2.45 bits per heavy atom. The zero-order valence-corrected chi connectivity index (χ0v) is 14.1. The molecular weight excluding hydrogens is 276 g/mol. The Morgan fingerprint density at radius 2 is 2.05 bits per heavy atom. The van der Waals surface area contributed by atoms with Crippen LogP contribution in [0.2, 0.25) is 0 Å². The number of carbonyl (C=O) groups excluding carboxylic acids is 1. The third-order valence-electron chi connectivity index (χ3n) is 5.22. The minimum Gasteiger partial charge on any atom is -0.378 e. The van der Waals surface area contributed by atoms with Crippen LogP contribution in [-0.2, 0) is 9.53 Å². The van der Waals surface area contributed by atoms with Gasteiger partial charge in [0.2, 0.25) is 5.91 Å². The zero-order valence-electron chi connectivity index (χ0n) is 13.3. The fourth-order valence-corrected chi connectivity index (χ4v) is 3.35. The van der Waals surface area contributed by atoms with E-state index in [2.05, 4.69) is 26.1 Å². The summed E-state index contributed by atoms with van der Waals surface area (Å²) in [6, 6.07) is 0.312. The number of amides is 1. The number of ether oxygens (including phenoxy) is 1. The Balaban J connectivity index is 0.00000200. The molecule has 0 radical (unpaired) electrons. The summed E-state index contributed by atoms with van der Waals surface area (Å²) < 4.78 is 5.75. The Labute approximate surface area is 129 Å². The minimum absolute atomic E-state index is 0. The maximum absolute atomic E-state index is 12.5. The molecular formula is C15H29ClN2O2. The molecule has 1 aliphatic carbocycles. The van der Waals surface area contributed by atoms with E-state index in [4.69, 9.17) is 4.74 Å². The molecule has 118 valence electrons. The topological polar surface area (TPSA) is 41.6 Å². The third kappa shape index (κ3) is 2.97. The van der Waals surface area contributed by atoms with Crippen LogP contribution in [0.15, 0.2) is 0 Å². The summed E-state index contributed by atoms with van der Waals surface area (Å²) in [6.07, 6.45) is 1.26. The standard InChI is InChI=1S/C15H28N2O2.ClH/c1-6-19-13-7-12(15(13,3)4)17(5)14(18)10(2)11-8-16-9-11;/h10-13,16H,6-9H2,1-5H3;1H. The number of halogens is 1. The first kappa shape index (κ1) is 17.7. The molecule has 1 saturated heterocycles. The summed E-state index contributed by atoms with van der Waals surface area (Å²) in [4.78, 5) is 14.5. The van der Waals surface area contributed by atoms with Crippen molar-refractivity contribution in [1.29, 1.82) is 0 Å². The summed E-state index contributed by atoms with van der Waals surface area (Å²) >= 11 is 0. The van der Waals surface area contributed by atoms with Gasteiger partial charge in [-0.2, -0.15) is 0 Å². The highest BCUT2D eigenvalue weighted by Crippen LogP contribution is 2.45. The van der Waals surface area contributed by atoms with Gasteiger partial charge < -0.3 is 15.0 Å². The molecule has 1 heterocycles. The van der Waals surface area contributed by atoms with Crippen molar-refractivity contribution < 1.29 is 9.53 Å². The van der Waals surface area contributed by atoms with E-state index in [9.17, 15) is 4.79 Å². The lowest BCUT2D eigenvalue weighted by molar-refractivity contribution is -0.167. The highest BCUT2D eigenvalue weighted by molar-refractivity contribution is 5.85. The molecule has 1 amide bonds. The molecule has 3 unspecified atom stereocenters. The first-order chi connectivity index (χ1) is 8.89. The van der Waals surface area contributed by atoms with Crippen molar-refractivity contribution in [3.63, 3.8) is 0 Å². The van der Waals surface area contributed by atoms with Gasteiger partial charge in [-0.3, -0.25) is 4.79 Å². The van der Waals surface area contributed by atoms with E-state index in [1.807, 2.05) is 18.9 Å². The van der Waals surface area contributed by atoms with Crippen LogP contribution in [0.5, 0.6) is 0 Å². The maximum atomic E-state index is 12.5. The monoisotopic (exact) mass is 304 g/mol. The van der Waals surface area contributed by atoms with E-state index in [-0.39, 0.29) is 23.7 Å². The number of carbonyl (C=O) groups is 1. The summed E-state index contributed by atoms with van der Waals surface area (Å²) in [5.74, 6) is 0.938. The SMILES string of the molecule is CCOC1CC(N(C)C(=O)C(C)C2CNC2)C1(C)C.Cl. The smallest absolute Gasteiger partial charge is 0.225 e. The summed E-state index contributed by atoms with van der Waals surface area (Å²) in [5, 5.41) is 3.24. The molecule has 0 bridgehead atoms. The van der Waals surface area contributed by atoms with Gasteiger partial charge in [0, 0.05) is 31.0 Å². The molecule has 0 spiro atoms. The fourth-order valence-electron chi connectivity index (χ4n) is 3.35. The van der Waals surface area contributed by atoms with Crippen molar-refractivity contribution in [2.24, 2.45) is 17.3 Å². The van der Waals surface area contributed by atoms with Gasteiger partial charge in [0.05, 0.1) is 6.10 Å². The molecule has 2 rings (SSSR count). The van der Waals surface area contributed by atoms with Crippen molar-refractivity contribution in [3.8, 4) is 0 Å². The summed E-state index contributed by atoms with van der Waals surface area (Å²) in [6.45, 7) is 11.2. The van der Waals surface area contributed by atoms with E-state index in [1.54, 1.807) is 0 Å². The van der Waals surface area contributed by atoms with Crippen LogP contribution in [0.1, 0.15) is 34.1 Å². The van der Waals surface area contributed by atoms with Gasteiger partial charge in [0.25, 0.3) is 0 Å². The number of nitrogens with one attached hydrogen (secondary N) is 1. The second kappa shape index (κ2) is 6.63. The molecule has 2 fully saturated rings. The van der Waals surface area contributed by atoms with E-state index in [1.165, 1.54) is 0 Å². The first-order valence-electron chi connectivity index (χ1n) is 7.48. The lowest BCUT2D eigenvalue weighted by Crippen LogP contribution is -2.63. The quantitative estimate of drug-likeness (QED) is 0.844. The number of nitrogens with zero attached hydrogens (tertiary/aromatic N) is 1. The van der Waals surface area contributed by atoms with Crippen LogP contribution < -0.4 is 5.32 Å².